The number of carbonyl (C=O) groups is 1. The molecule has 1 aromatic heterocycles. The van der Waals surface area contributed by atoms with Gasteiger partial charge in [0.15, 0.2) is 0 Å². The first-order valence-electron chi connectivity index (χ1n) is 9.24. The summed E-state index contributed by atoms with van der Waals surface area (Å²) in [7, 11) is 0. The number of ether oxygens (including phenoxy) is 1. The molecule has 0 fully saturated rings. The van der Waals surface area contributed by atoms with Crippen molar-refractivity contribution in [2.45, 2.75) is 39.3 Å². The molecular weight excluding hydrogens is 435 g/mol. The number of hydrogen-bond donors (Lipinski definition) is 1. The molecule has 0 radical (unpaired) electrons. The number of hydrogen-bond acceptors (Lipinski definition) is 4. The van der Waals surface area contributed by atoms with Gasteiger partial charge < -0.3 is 10.1 Å². The molecule has 1 heterocycles. The van der Waals surface area contributed by atoms with Gasteiger partial charge in [-0.05, 0) is 52.0 Å². The minimum Gasteiger partial charge on any atom is -0.444 e. The molecule has 0 saturated carbocycles. The fourth-order valence-electron chi connectivity index (χ4n) is 2.99. The molecule has 0 aliphatic heterocycles. The highest BCUT2D eigenvalue weighted by Gasteiger charge is 2.25. The van der Waals surface area contributed by atoms with Crippen molar-refractivity contribution in [3.05, 3.63) is 69.0 Å². The number of nitrogens with zero attached hydrogens (tertiary/aromatic N) is 2. The third-order valence-corrected chi connectivity index (χ3v) is 4.48. The standard InChI is InChI=1S/C21H19ClF3N3O3/c1-10(26-20(30)31-21(2,3)4)18-27-17-14(22)5-6-15(25)16(17)19(29)28(18)13-8-11(23)7-12(24)9-13/h5-10H,1-4H3,(H,26,30). The fraction of sp³-hybridized carbons (Fsp3) is 0.286. The average molecular weight is 454 g/mol. The lowest BCUT2D eigenvalue weighted by molar-refractivity contribution is 0.0505. The Bertz CT molecular complexity index is 1220. The zero-order chi connectivity index (χ0) is 23.1. The van der Waals surface area contributed by atoms with Crippen molar-refractivity contribution in [1.29, 1.82) is 0 Å². The number of alkyl carbamates (subject to hydrolysis) is 1. The van der Waals surface area contributed by atoms with Crippen molar-refractivity contribution in [1.82, 2.24) is 14.9 Å². The van der Waals surface area contributed by atoms with Gasteiger partial charge in [-0.1, -0.05) is 11.6 Å². The van der Waals surface area contributed by atoms with E-state index in [1.54, 1.807) is 20.8 Å². The number of rotatable bonds is 3. The highest BCUT2D eigenvalue weighted by Crippen LogP contribution is 2.26. The minimum absolute atomic E-state index is 0.00297. The number of fused-ring (bicyclic) bond motifs is 1. The lowest BCUT2D eigenvalue weighted by Crippen LogP contribution is -2.37. The molecule has 3 aromatic rings. The quantitative estimate of drug-likeness (QED) is 0.603. The maximum Gasteiger partial charge on any atom is 0.408 e. The van der Waals surface area contributed by atoms with Gasteiger partial charge in [0.25, 0.3) is 5.56 Å². The van der Waals surface area contributed by atoms with Crippen LogP contribution in [0.4, 0.5) is 18.0 Å². The Morgan fingerprint density at radius 2 is 1.77 bits per heavy atom. The molecule has 164 valence electrons. The second-order valence-corrected chi connectivity index (χ2v) is 8.27. The van der Waals surface area contributed by atoms with Crippen LogP contribution >= 0.6 is 11.6 Å². The summed E-state index contributed by atoms with van der Waals surface area (Å²) in [4.78, 5) is 29.7. The lowest BCUT2D eigenvalue weighted by atomic mass is 10.2. The van der Waals surface area contributed by atoms with Gasteiger partial charge in [-0.2, -0.15) is 0 Å². The fourth-order valence-corrected chi connectivity index (χ4v) is 3.19. The molecule has 0 spiro atoms. The van der Waals surface area contributed by atoms with Crippen LogP contribution in [0.1, 0.15) is 39.6 Å². The third-order valence-electron chi connectivity index (χ3n) is 4.18. The second-order valence-electron chi connectivity index (χ2n) is 7.86. The molecule has 10 heteroatoms. The second kappa shape index (κ2) is 8.22. The summed E-state index contributed by atoms with van der Waals surface area (Å²) in [5.41, 5.74) is -2.11. The van der Waals surface area contributed by atoms with Crippen LogP contribution in [0.2, 0.25) is 5.02 Å². The van der Waals surface area contributed by atoms with Gasteiger partial charge in [0, 0.05) is 6.07 Å². The van der Waals surface area contributed by atoms with Gasteiger partial charge in [0.1, 0.15) is 34.3 Å². The Kier molecular flexibility index (Phi) is 6.00. The molecule has 0 aliphatic rings. The maximum atomic E-state index is 14.5. The maximum absolute atomic E-state index is 14.5. The SMILES string of the molecule is CC(NC(=O)OC(C)(C)C)c1nc2c(Cl)ccc(F)c2c(=O)n1-c1cc(F)cc(F)c1. The lowest BCUT2D eigenvalue weighted by Gasteiger charge is -2.23. The van der Waals surface area contributed by atoms with Gasteiger partial charge in [-0.25, -0.2) is 22.9 Å². The number of amides is 1. The first-order chi connectivity index (χ1) is 14.4. The Morgan fingerprint density at radius 1 is 1.16 bits per heavy atom. The van der Waals surface area contributed by atoms with Gasteiger partial charge in [0.2, 0.25) is 0 Å². The average Bonchev–Trinajstić information content (AvgIpc) is 2.61. The molecule has 1 amide bonds. The Morgan fingerprint density at radius 3 is 2.35 bits per heavy atom. The van der Waals surface area contributed by atoms with Gasteiger partial charge >= 0.3 is 6.09 Å². The molecule has 1 atom stereocenters. The Labute approximate surface area is 180 Å². The number of carbonyl (C=O) groups excluding carboxylic acids is 1. The van der Waals surface area contributed by atoms with Crippen LogP contribution in [0.3, 0.4) is 0 Å². The zero-order valence-electron chi connectivity index (χ0n) is 17.1. The summed E-state index contributed by atoms with van der Waals surface area (Å²) in [6.07, 6.45) is -0.809. The van der Waals surface area contributed by atoms with E-state index in [1.807, 2.05) is 0 Å². The predicted molar refractivity (Wildman–Crippen MR) is 110 cm³/mol. The van der Waals surface area contributed by atoms with Gasteiger partial charge in [-0.3, -0.25) is 9.36 Å². The summed E-state index contributed by atoms with van der Waals surface area (Å²) >= 11 is 6.11. The van der Waals surface area contributed by atoms with Crippen LogP contribution in [0.25, 0.3) is 16.6 Å². The molecule has 0 saturated heterocycles. The third kappa shape index (κ3) is 4.82. The Balaban J connectivity index is 2.27. The normalized spacial score (nSPS) is 12.6. The van der Waals surface area contributed by atoms with E-state index in [9.17, 15) is 22.8 Å². The van der Waals surface area contributed by atoms with Crippen LogP contribution in [0, 0.1) is 17.5 Å². The van der Waals surface area contributed by atoms with E-state index in [1.165, 1.54) is 13.0 Å². The number of aromatic nitrogens is 2. The van der Waals surface area contributed by atoms with Crippen molar-refractivity contribution in [3.63, 3.8) is 0 Å². The van der Waals surface area contributed by atoms with Crippen molar-refractivity contribution in [2.75, 3.05) is 0 Å². The first-order valence-corrected chi connectivity index (χ1v) is 9.62. The highest BCUT2D eigenvalue weighted by atomic mass is 35.5. The molecular formula is C21H19ClF3N3O3. The largest absolute Gasteiger partial charge is 0.444 e. The smallest absolute Gasteiger partial charge is 0.408 e. The number of benzene rings is 2. The number of halogens is 4. The van der Waals surface area contributed by atoms with E-state index in [0.717, 1.165) is 22.8 Å². The van der Waals surface area contributed by atoms with Crippen LogP contribution in [-0.2, 0) is 4.74 Å². The summed E-state index contributed by atoms with van der Waals surface area (Å²) in [6.45, 7) is 6.48. The summed E-state index contributed by atoms with van der Waals surface area (Å²) in [6, 6.07) is 3.66. The van der Waals surface area contributed by atoms with Crippen molar-refractivity contribution >= 4 is 28.6 Å². The highest BCUT2D eigenvalue weighted by molar-refractivity contribution is 6.35. The van der Waals surface area contributed by atoms with Crippen LogP contribution in [0.5, 0.6) is 0 Å². The molecule has 1 unspecified atom stereocenters. The topological polar surface area (TPSA) is 73.2 Å². The van der Waals surface area contributed by atoms with Crippen molar-refractivity contribution in [3.8, 4) is 5.69 Å². The molecule has 0 bridgehead atoms. The van der Waals surface area contributed by atoms with Gasteiger partial charge in [-0.15, -0.1) is 0 Å². The summed E-state index contributed by atoms with van der Waals surface area (Å²) < 4.78 is 48.2. The van der Waals surface area contributed by atoms with E-state index in [-0.39, 0.29) is 22.1 Å². The van der Waals surface area contributed by atoms with Crippen molar-refractivity contribution < 1.29 is 22.7 Å². The van der Waals surface area contributed by atoms with Crippen LogP contribution < -0.4 is 10.9 Å². The van der Waals surface area contributed by atoms with E-state index in [0.29, 0.717) is 6.07 Å². The van der Waals surface area contributed by atoms with Gasteiger partial charge in [0.05, 0.1) is 22.3 Å². The molecule has 6 nitrogen and oxygen atoms in total. The minimum atomic E-state index is -0.974. The first kappa shape index (κ1) is 22.6. The van der Waals surface area contributed by atoms with Crippen LogP contribution in [-0.4, -0.2) is 21.2 Å². The zero-order valence-corrected chi connectivity index (χ0v) is 17.9. The predicted octanol–water partition coefficient (Wildman–Crippen LogP) is 5.04. The van der Waals surface area contributed by atoms with Crippen molar-refractivity contribution in [2.24, 2.45) is 0 Å². The molecule has 0 aliphatic carbocycles. The Hall–Kier alpha value is -3.07. The monoisotopic (exact) mass is 453 g/mol. The van der Waals surface area contributed by atoms with E-state index >= 15 is 0 Å². The molecule has 1 N–H and O–H groups in total. The van der Waals surface area contributed by atoms with E-state index < -0.39 is 46.1 Å². The van der Waals surface area contributed by atoms with E-state index in [2.05, 4.69) is 10.3 Å². The molecule has 2 aromatic carbocycles. The summed E-state index contributed by atoms with van der Waals surface area (Å²) in [5, 5.41) is 2.05. The van der Waals surface area contributed by atoms with Crippen LogP contribution in [0.15, 0.2) is 35.1 Å². The molecule has 31 heavy (non-hydrogen) atoms. The summed E-state index contributed by atoms with van der Waals surface area (Å²) in [5.74, 6) is -2.93. The molecule has 3 rings (SSSR count). The number of nitrogens with one attached hydrogen (secondary N) is 1. The van der Waals surface area contributed by atoms with E-state index in [4.69, 9.17) is 16.3 Å².